The zero-order chi connectivity index (χ0) is 12.3. The Morgan fingerprint density at radius 3 is 1.81 bits per heavy atom. The van der Waals surface area contributed by atoms with Crippen LogP contribution in [0.1, 0.15) is 20.3 Å². The van der Waals surface area contributed by atoms with E-state index in [0.29, 0.717) is 0 Å². The third kappa shape index (κ3) is 2.23. The van der Waals surface area contributed by atoms with Gasteiger partial charge in [0.25, 0.3) is 0 Å². The number of ketones is 2. The molecule has 0 bridgehead atoms. The van der Waals surface area contributed by atoms with Crippen molar-refractivity contribution in [3.05, 3.63) is 0 Å². The van der Waals surface area contributed by atoms with Crippen molar-refractivity contribution in [2.75, 3.05) is 0 Å². The van der Waals surface area contributed by atoms with Gasteiger partial charge >= 0.3 is 0 Å². The lowest BCUT2D eigenvalue weighted by Gasteiger charge is -2.34. The summed E-state index contributed by atoms with van der Waals surface area (Å²) in [4.78, 5) is 23.8. The molecule has 2 atom stereocenters. The van der Waals surface area contributed by atoms with E-state index in [9.17, 15) is 9.59 Å². The molecule has 1 fully saturated rings. The van der Waals surface area contributed by atoms with E-state index < -0.39 is 15.9 Å². The van der Waals surface area contributed by atoms with Gasteiger partial charge in [-0.05, 0) is 43.8 Å². The van der Waals surface area contributed by atoms with Gasteiger partial charge in [-0.15, -0.1) is 0 Å². The summed E-state index contributed by atoms with van der Waals surface area (Å²) in [5.74, 6) is -0.419. The molecule has 0 aliphatic heterocycles. The molecule has 4 nitrogen and oxygen atoms in total. The average Bonchev–Trinajstić information content (AvgIpc) is 2.23. The van der Waals surface area contributed by atoms with Crippen LogP contribution in [0, 0.1) is 26.7 Å². The van der Waals surface area contributed by atoms with E-state index in [-0.39, 0.29) is 18.0 Å². The molecule has 0 radical (unpaired) electrons. The summed E-state index contributed by atoms with van der Waals surface area (Å²) in [5.41, 5.74) is -1.08. The Morgan fingerprint density at radius 1 is 1.12 bits per heavy atom. The van der Waals surface area contributed by atoms with Gasteiger partial charge in [-0.2, -0.15) is 10.5 Å². The third-order valence-electron chi connectivity index (χ3n) is 2.63. The molecule has 0 aromatic heterocycles. The van der Waals surface area contributed by atoms with Crippen LogP contribution in [0.15, 0.2) is 0 Å². The van der Waals surface area contributed by atoms with Crippen LogP contribution in [0.25, 0.3) is 0 Å². The van der Waals surface area contributed by atoms with Crippen molar-refractivity contribution in [1.82, 2.24) is 0 Å². The zero-order valence-electron chi connectivity index (χ0n) is 8.89. The summed E-state index contributed by atoms with van der Waals surface area (Å²) < 4.78 is 0. The molecule has 0 aromatic carbocycles. The number of Topliss-reactive ketones (excluding diaryl/α,β-unsaturated/α-hetero) is 2. The van der Waals surface area contributed by atoms with E-state index in [4.69, 9.17) is 10.5 Å². The third-order valence-corrected chi connectivity index (χ3v) is 4.23. The summed E-state index contributed by atoms with van der Waals surface area (Å²) in [6.45, 7) is 3.12. The summed E-state index contributed by atoms with van der Waals surface area (Å²) in [6, 6.07) is 0. The molecule has 0 aromatic rings. The molecule has 0 N–H and O–H groups in total. The Labute approximate surface area is 102 Å². The largest absolute Gasteiger partial charge is 0.297 e. The van der Waals surface area contributed by atoms with Gasteiger partial charge in [0, 0.05) is 0 Å². The van der Waals surface area contributed by atoms with Crippen molar-refractivity contribution in [2.24, 2.45) is 5.41 Å². The van der Waals surface area contributed by atoms with Crippen LogP contribution in [0.5, 0.6) is 0 Å². The first kappa shape index (κ1) is 13.1. The zero-order valence-corrected chi connectivity index (χ0v) is 10.5. The second kappa shape index (κ2) is 4.90. The Kier molecular flexibility index (Phi) is 4.01. The summed E-state index contributed by atoms with van der Waals surface area (Å²) in [6.07, 6.45) is 0.275. The molecule has 1 saturated carbocycles. The van der Waals surface area contributed by atoms with Crippen molar-refractivity contribution in [3.8, 4) is 10.8 Å². The fourth-order valence-electron chi connectivity index (χ4n) is 1.67. The smallest absolute Gasteiger partial charge is 0.159 e. The number of thiocyanates is 2. The minimum absolute atomic E-state index is 0.209. The maximum absolute atomic E-state index is 11.9. The van der Waals surface area contributed by atoms with Gasteiger partial charge in [-0.1, -0.05) is 0 Å². The highest BCUT2D eigenvalue weighted by Gasteiger charge is 2.49. The summed E-state index contributed by atoms with van der Waals surface area (Å²) in [5, 5.41) is 19.9. The van der Waals surface area contributed by atoms with Crippen LogP contribution >= 0.6 is 23.5 Å². The van der Waals surface area contributed by atoms with Gasteiger partial charge in [0.15, 0.2) is 11.6 Å². The molecule has 0 unspecified atom stereocenters. The lowest BCUT2D eigenvalue weighted by molar-refractivity contribution is -0.140. The van der Waals surface area contributed by atoms with E-state index in [2.05, 4.69) is 0 Å². The van der Waals surface area contributed by atoms with Gasteiger partial charge in [0.05, 0.1) is 15.9 Å². The van der Waals surface area contributed by atoms with E-state index in [1.165, 1.54) is 0 Å². The first-order chi connectivity index (χ1) is 7.45. The monoisotopic (exact) mass is 254 g/mol. The van der Waals surface area contributed by atoms with Crippen molar-refractivity contribution in [3.63, 3.8) is 0 Å². The molecular formula is C10H10N2O2S2. The summed E-state index contributed by atoms with van der Waals surface area (Å²) >= 11 is 1.75. The predicted molar refractivity (Wildman–Crippen MR) is 62.4 cm³/mol. The van der Waals surface area contributed by atoms with Crippen molar-refractivity contribution < 1.29 is 9.59 Å². The van der Waals surface area contributed by atoms with E-state index in [1.807, 2.05) is 10.8 Å². The molecule has 0 saturated heterocycles. The quantitative estimate of drug-likeness (QED) is 0.551. The van der Waals surface area contributed by atoms with Gasteiger partial charge in [0.1, 0.15) is 10.8 Å². The second-order valence-electron chi connectivity index (χ2n) is 3.98. The molecule has 0 heterocycles. The Balaban J connectivity index is 2.98. The second-order valence-corrected chi connectivity index (χ2v) is 5.96. The number of rotatable bonds is 2. The predicted octanol–water partition coefficient (Wildman–Crippen LogP) is 1.72. The number of carbonyl (C=O) groups is 2. The molecule has 0 amide bonds. The van der Waals surface area contributed by atoms with E-state index >= 15 is 0 Å². The van der Waals surface area contributed by atoms with E-state index in [1.54, 1.807) is 13.8 Å². The summed E-state index contributed by atoms with van der Waals surface area (Å²) in [7, 11) is 0. The van der Waals surface area contributed by atoms with Crippen LogP contribution < -0.4 is 0 Å². The normalized spacial score (nSPS) is 28.2. The minimum atomic E-state index is -1.08. The fraction of sp³-hybridized carbons (Fsp3) is 0.600. The molecule has 0 spiro atoms. The Hall–Kier alpha value is -0.980. The van der Waals surface area contributed by atoms with E-state index in [0.717, 1.165) is 23.5 Å². The first-order valence-corrected chi connectivity index (χ1v) is 6.39. The fourth-order valence-corrected chi connectivity index (χ4v) is 3.42. The topological polar surface area (TPSA) is 81.7 Å². The Morgan fingerprint density at radius 2 is 1.50 bits per heavy atom. The highest BCUT2D eigenvalue weighted by atomic mass is 32.2. The lowest BCUT2D eigenvalue weighted by Crippen LogP contribution is -2.50. The standard InChI is InChI=1S/C10H10N2O2S2/c1-10(2)8(13)6(15-4-11)3-7(9(10)14)16-5-12/h6-7H,3H2,1-2H3/t6-,7-/m0/s1. The average molecular weight is 254 g/mol. The van der Waals surface area contributed by atoms with Gasteiger partial charge in [0.2, 0.25) is 0 Å². The SMILES string of the molecule is CC1(C)C(=O)[C@@H](SC#N)C[C@H](SC#N)C1=O. The number of hydrogen-bond acceptors (Lipinski definition) is 6. The van der Waals surface area contributed by atoms with Crippen molar-refractivity contribution in [2.45, 2.75) is 30.8 Å². The molecule has 1 rings (SSSR count). The lowest BCUT2D eigenvalue weighted by atomic mass is 9.74. The minimum Gasteiger partial charge on any atom is -0.297 e. The number of nitrogens with zero attached hydrogens (tertiary/aromatic N) is 2. The number of thioether (sulfide) groups is 2. The van der Waals surface area contributed by atoms with Crippen molar-refractivity contribution >= 4 is 35.1 Å². The molecular weight excluding hydrogens is 244 g/mol. The molecule has 6 heteroatoms. The van der Waals surface area contributed by atoms with Crippen LogP contribution in [-0.2, 0) is 9.59 Å². The van der Waals surface area contributed by atoms with Crippen LogP contribution in [0.2, 0.25) is 0 Å². The van der Waals surface area contributed by atoms with Gasteiger partial charge in [-0.3, -0.25) is 9.59 Å². The highest BCUT2D eigenvalue weighted by molar-refractivity contribution is 8.06. The molecule has 84 valence electrons. The number of carbonyl (C=O) groups excluding carboxylic acids is 2. The molecule has 1 aliphatic carbocycles. The van der Waals surface area contributed by atoms with Crippen LogP contribution in [0.3, 0.4) is 0 Å². The molecule has 16 heavy (non-hydrogen) atoms. The maximum atomic E-state index is 11.9. The maximum Gasteiger partial charge on any atom is 0.159 e. The van der Waals surface area contributed by atoms with Crippen molar-refractivity contribution in [1.29, 1.82) is 10.5 Å². The van der Waals surface area contributed by atoms with Gasteiger partial charge in [-0.25, -0.2) is 0 Å². The first-order valence-electron chi connectivity index (χ1n) is 4.63. The molecule has 1 aliphatic rings. The Bertz CT molecular complexity index is 370. The number of nitriles is 2. The van der Waals surface area contributed by atoms with Gasteiger partial charge < -0.3 is 0 Å². The van der Waals surface area contributed by atoms with Crippen LogP contribution in [0.4, 0.5) is 0 Å². The highest BCUT2D eigenvalue weighted by Crippen LogP contribution is 2.39. The number of hydrogen-bond donors (Lipinski definition) is 0. The van der Waals surface area contributed by atoms with Crippen LogP contribution in [-0.4, -0.2) is 22.1 Å².